The lowest BCUT2D eigenvalue weighted by Crippen LogP contribution is -2.25. The quantitative estimate of drug-likeness (QED) is 0.0208. The second-order valence-electron chi connectivity index (χ2n) is 14.6. The van der Waals surface area contributed by atoms with Gasteiger partial charge in [0.25, 0.3) is 0 Å². The molecule has 0 spiro atoms. The molecule has 0 heterocycles. The van der Waals surface area contributed by atoms with Gasteiger partial charge < -0.3 is 20.1 Å². The Balaban J connectivity index is 4.05. The molecule has 0 aliphatic rings. The highest BCUT2D eigenvalue weighted by Crippen LogP contribution is 2.43. The van der Waals surface area contributed by atoms with Crippen LogP contribution in [0, 0.1) is 0 Å². The number of esters is 1. The van der Waals surface area contributed by atoms with E-state index in [1.165, 1.54) is 161 Å². The molecule has 2 atom stereocenters. The molecule has 0 rings (SSSR count). The van der Waals surface area contributed by atoms with Crippen molar-refractivity contribution < 1.29 is 32.8 Å². The molecule has 0 aromatic carbocycles. The molecule has 2 unspecified atom stereocenters. The molecule has 0 aromatic rings. The first-order valence-electron chi connectivity index (χ1n) is 21.9. The standard InChI is InChI=1S/C43H84NO7P/c1-3-5-7-9-11-13-15-17-19-21-22-24-26-28-30-32-34-36-43(45)49-40-42(41-51-52(46,47)50-39-37-44)48-38-35-33-31-29-27-25-23-20-18-16-14-12-10-8-6-4-2/h14,16,35,38,42H,3-13,15,17-34,36-37,39-41,44H2,1-2H3,(H,46,47). The van der Waals surface area contributed by atoms with Crippen molar-refractivity contribution in [2.45, 2.75) is 219 Å². The molecule has 0 amide bonds. The summed E-state index contributed by atoms with van der Waals surface area (Å²) in [7, 11) is -4.26. The van der Waals surface area contributed by atoms with Crippen LogP contribution in [0.15, 0.2) is 24.5 Å². The molecule has 308 valence electrons. The molecule has 9 heteroatoms. The Bertz CT molecular complexity index is 853. The van der Waals surface area contributed by atoms with Crippen LogP contribution in [0.2, 0.25) is 0 Å². The maximum Gasteiger partial charge on any atom is 0.472 e. The van der Waals surface area contributed by atoms with Crippen molar-refractivity contribution >= 4 is 13.8 Å². The number of nitrogens with two attached hydrogens (primary N) is 1. The molecule has 0 aliphatic carbocycles. The number of hydrogen-bond donors (Lipinski definition) is 2. The molecule has 0 bridgehead atoms. The molecule has 8 nitrogen and oxygen atoms in total. The zero-order valence-electron chi connectivity index (χ0n) is 34.1. The largest absolute Gasteiger partial charge is 0.492 e. The Kier molecular flexibility index (Phi) is 40.1. The third kappa shape index (κ3) is 40.0. The van der Waals surface area contributed by atoms with Crippen molar-refractivity contribution in [1.29, 1.82) is 0 Å². The van der Waals surface area contributed by atoms with Crippen LogP contribution in [0.3, 0.4) is 0 Å². The first-order chi connectivity index (χ1) is 25.4. The van der Waals surface area contributed by atoms with Crippen molar-refractivity contribution in [3.05, 3.63) is 24.5 Å². The lowest BCUT2D eigenvalue weighted by atomic mass is 10.0. The predicted molar refractivity (Wildman–Crippen MR) is 219 cm³/mol. The summed E-state index contributed by atoms with van der Waals surface area (Å²) in [4.78, 5) is 22.3. The van der Waals surface area contributed by atoms with Gasteiger partial charge in [-0.05, 0) is 51.0 Å². The van der Waals surface area contributed by atoms with E-state index in [4.69, 9.17) is 24.3 Å². The Morgan fingerprint density at radius 3 is 1.44 bits per heavy atom. The normalized spacial score (nSPS) is 13.6. The number of ether oxygens (including phenoxy) is 2. The molecule has 0 radical (unpaired) electrons. The number of unbranched alkanes of at least 4 members (excludes halogenated alkanes) is 27. The Morgan fingerprint density at radius 1 is 0.577 bits per heavy atom. The molecular weight excluding hydrogens is 673 g/mol. The summed E-state index contributed by atoms with van der Waals surface area (Å²) >= 11 is 0. The van der Waals surface area contributed by atoms with Crippen LogP contribution < -0.4 is 5.73 Å². The van der Waals surface area contributed by atoms with Gasteiger partial charge in [-0.3, -0.25) is 13.8 Å². The second-order valence-corrected chi connectivity index (χ2v) is 16.1. The molecule has 52 heavy (non-hydrogen) atoms. The fraction of sp³-hybridized carbons (Fsp3) is 0.884. The fourth-order valence-electron chi connectivity index (χ4n) is 6.15. The lowest BCUT2D eigenvalue weighted by molar-refractivity contribution is -0.147. The molecule has 3 N–H and O–H groups in total. The number of allylic oxidation sites excluding steroid dienone is 3. The summed E-state index contributed by atoms with van der Waals surface area (Å²) in [6.07, 6.45) is 45.8. The number of rotatable bonds is 42. The zero-order valence-corrected chi connectivity index (χ0v) is 35.0. The summed E-state index contributed by atoms with van der Waals surface area (Å²) in [5, 5.41) is 0. The maximum absolute atomic E-state index is 12.4. The van der Waals surface area contributed by atoms with Crippen LogP contribution in [0.1, 0.15) is 213 Å². The summed E-state index contributed by atoms with van der Waals surface area (Å²) in [5.41, 5.74) is 5.36. The van der Waals surface area contributed by atoms with Gasteiger partial charge in [-0.1, -0.05) is 174 Å². The van der Waals surface area contributed by atoms with E-state index in [2.05, 4.69) is 26.0 Å². The van der Waals surface area contributed by atoms with Crippen molar-refractivity contribution in [2.24, 2.45) is 5.73 Å². The number of hydrogen-bond acceptors (Lipinski definition) is 7. The van der Waals surface area contributed by atoms with E-state index >= 15 is 0 Å². The number of carbonyl (C=O) groups is 1. The van der Waals surface area contributed by atoms with E-state index in [1.807, 2.05) is 6.08 Å². The van der Waals surface area contributed by atoms with Gasteiger partial charge in [-0.25, -0.2) is 4.57 Å². The molecular formula is C43H84NO7P. The molecule has 0 aromatic heterocycles. The smallest absolute Gasteiger partial charge is 0.472 e. The Hall–Kier alpha value is -1.18. The minimum Gasteiger partial charge on any atom is -0.492 e. The Morgan fingerprint density at radius 2 is 0.981 bits per heavy atom. The highest BCUT2D eigenvalue weighted by atomic mass is 31.2. The minimum absolute atomic E-state index is 0.0624. The van der Waals surface area contributed by atoms with Gasteiger partial charge in [0.05, 0.1) is 19.5 Å². The second kappa shape index (κ2) is 41.0. The van der Waals surface area contributed by atoms with Crippen LogP contribution >= 0.6 is 7.82 Å². The van der Waals surface area contributed by atoms with E-state index in [-0.39, 0.29) is 32.3 Å². The van der Waals surface area contributed by atoms with E-state index < -0.39 is 13.9 Å². The maximum atomic E-state index is 12.4. The highest BCUT2D eigenvalue weighted by Gasteiger charge is 2.24. The monoisotopic (exact) mass is 758 g/mol. The summed E-state index contributed by atoms with van der Waals surface area (Å²) in [6, 6.07) is 0. The molecule has 0 saturated carbocycles. The predicted octanol–water partition coefficient (Wildman–Crippen LogP) is 13.2. The fourth-order valence-corrected chi connectivity index (χ4v) is 6.92. The average Bonchev–Trinajstić information content (AvgIpc) is 3.14. The van der Waals surface area contributed by atoms with E-state index in [0.717, 1.165) is 32.1 Å². The van der Waals surface area contributed by atoms with Gasteiger partial charge in [0, 0.05) is 13.0 Å². The van der Waals surface area contributed by atoms with Gasteiger partial charge in [0.15, 0.2) is 6.10 Å². The van der Waals surface area contributed by atoms with Crippen molar-refractivity contribution in [3.63, 3.8) is 0 Å². The summed E-state index contributed by atoms with van der Waals surface area (Å²) in [5.74, 6) is -0.288. The van der Waals surface area contributed by atoms with Gasteiger partial charge in [-0.2, -0.15) is 0 Å². The van der Waals surface area contributed by atoms with Crippen LogP contribution in [0.25, 0.3) is 0 Å². The molecule has 0 fully saturated rings. The minimum atomic E-state index is -4.26. The first kappa shape index (κ1) is 50.8. The van der Waals surface area contributed by atoms with E-state index in [9.17, 15) is 14.3 Å². The first-order valence-corrected chi connectivity index (χ1v) is 23.4. The van der Waals surface area contributed by atoms with Gasteiger partial charge in [0.1, 0.15) is 6.61 Å². The van der Waals surface area contributed by atoms with E-state index in [0.29, 0.717) is 6.42 Å². The van der Waals surface area contributed by atoms with Gasteiger partial charge in [0.2, 0.25) is 0 Å². The Labute approximate surface area is 321 Å². The number of carbonyl (C=O) groups excluding carboxylic acids is 1. The third-order valence-corrected chi connectivity index (χ3v) is 10.4. The molecule has 0 aliphatic heterocycles. The topological polar surface area (TPSA) is 117 Å². The van der Waals surface area contributed by atoms with Crippen molar-refractivity contribution in [3.8, 4) is 0 Å². The lowest BCUT2D eigenvalue weighted by Gasteiger charge is -2.19. The number of phosphoric acid groups is 1. The van der Waals surface area contributed by atoms with Crippen LogP contribution in [-0.2, 0) is 27.9 Å². The number of phosphoric ester groups is 1. The highest BCUT2D eigenvalue weighted by molar-refractivity contribution is 7.47. The van der Waals surface area contributed by atoms with Gasteiger partial charge in [-0.15, -0.1) is 0 Å². The van der Waals surface area contributed by atoms with E-state index in [1.54, 1.807) is 6.26 Å². The summed E-state index contributed by atoms with van der Waals surface area (Å²) < 4.78 is 33.2. The van der Waals surface area contributed by atoms with Crippen LogP contribution in [-0.4, -0.2) is 43.3 Å². The van der Waals surface area contributed by atoms with Crippen LogP contribution in [0.5, 0.6) is 0 Å². The summed E-state index contributed by atoms with van der Waals surface area (Å²) in [6.45, 7) is 4.22. The van der Waals surface area contributed by atoms with Crippen LogP contribution in [0.4, 0.5) is 0 Å². The van der Waals surface area contributed by atoms with Crippen molar-refractivity contribution in [1.82, 2.24) is 0 Å². The third-order valence-electron chi connectivity index (χ3n) is 9.46. The molecule has 0 saturated heterocycles. The van der Waals surface area contributed by atoms with Crippen molar-refractivity contribution in [2.75, 3.05) is 26.4 Å². The zero-order chi connectivity index (χ0) is 38.1. The SMILES string of the molecule is CCCCCCC=CCCCCCCCCC=COC(COC(=O)CCCCCCCCCCCCCCCCCCC)COP(=O)(O)OCCN. The average molecular weight is 758 g/mol. The van der Waals surface area contributed by atoms with Gasteiger partial charge >= 0.3 is 13.8 Å².